The molecule has 0 aromatic heterocycles. The Morgan fingerprint density at radius 1 is 1.12 bits per heavy atom. The number of nitrogens with two attached hydrogens (primary N) is 1. The van der Waals surface area contributed by atoms with Crippen molar-refractivity contribution in [3.63, 3.8) is 0 Å². The van der Waals surface area contributed by atoms with Crippen molar-refractivity contribution in [2.24, 2.45) is 5.73 Å². The minimum Gasteiger partial charge on any atom is -0.493 e. The predicted octanol–water partition coefficient (Wildman–Crippen LogP) is 2.76. The van der Waals surface area contributed by atoms with E-state index in [-0.39, 0.29) is 5.91 Å². The number of ether oxygens (including phenoxy) is 1. The van der Waals surface area contributed by atoms with Gasteiger partial charge >= 0.3 is 0 Å². The van der Waals surface area contributed by atoms with Crippen LogP contribution in [0.4, 0.5) is 5.69 Å². The number of amides is 2. The van der Waals surface area contributed by atoms with Crippen molar-refractivity contribution >= 4 is 23.6 Å². The van der Waals surface area contributed by atoms with Gasteiger partial charge in [0.2, 0.25) is 11.8 Å². The molecule has 0 spiro atoms. The fourth-order valence-electron chi connectivity index (χ4n) is 2.55. The third-order valence-corrected chi connectivity index (χ3v) is 3.80. The van der Waals surface area contributed by atoms with Crippen LogP contribution in [0.15, 0.2) is 48.5 Å². The smallest absolute Gasteiger partial charge is 0.248 e. The number of carbonyl (C=O) groups is 2. The number of fused-ring (bicyclic) bond motifs is 1. The van der Waals surface area contributed by atoms with Crippen LogP contribution in [0, 0.1) is 0 Å². The van der Waals surface area contributed by atoms with Crippen molar-refractivity contribution in [2.45, 2.75) is 12.8 Å². The van der Waals surface area contributed by atoms with Crippen LogP contribution in [0.5, 0.6) is 5.75 Å². The van der Waals surface area contributed by atoms with Crippen molar-refractivity contribution in [2.75, 3.05) is 11.9 Å². The zero-order valence-electron chi connectivity index (χ0n) is 13.1. The molecule has 5 heteroatoms. The number of primary amides is 1. The summed E-state index contributed by atoms with van der Waals surface area (Å²) in [4.78, 5) is 23.0. The predicted molar refractivity (Wildman–Crippen MR) is 92.9 cm³/mol. The van der Waals surface area contributed by atoms with E-state index in [1.54, 1.807) is 30.3 Å². The Bertz CT molecular complexity index is 795. The molecule has 0 fully saturated rings. The lowest BCUT2D eigenvalue weighted by molar-refractivity contribution is -0.111. The van der Waals surface area contributed by atoms with Crippen molar-refractivity contribution in [3.8, 4) is 5.75 Å². The molecule has 122 valence electrons. The van der Waals surface area contributed by atoms with Crippen LogP contribution < -0.4 is 15.8 Å². The lowest BCUT2D eigenvalue weighted by Gasteiger charge is -2.17. The molecule has 5 nitrogen and oxygen atoms in total. The van der Waals surface area contributed by atoms with Crippen LogP contribution in [0.25, 0.3) is 6.08 Å². The lowest BCUT2D eigenvalue weighted by atomic mass is 10.1. The number of anilines is 1. The Kier molecular flexibility index (Phi) is 4.61. The second kappa shape index (κ2) is 7.00. The summed E-state index contributed by atoms with van der Waals surface area (Å²) >= 11 is 0. The van der Waals surface area contributed by atoms with Crippen LogP contribution >= 0.6 is 0 Å². The van der Waals surface area contributed by atoms with Gasteiger partial charge in [0.1, 0.15) is 5.75 Å². The highest BCUT2D eigenvalue weighted by Gasteiger charge is 2.11. The zero-order valence-corrected chi connectivity index (χ0v) is 13.1. The monoisotopic (exact) mass is 322 g/mol. The van der Waals surface area contributed by atoms with Crippen molar-refractivity contribution in [1.29, 1.82) is 0 Å². The van der Waals surface area contributed by atoms with E-state index < -0.39 is 5.91 Å². The zero-order chi connectivity index (χ0) is 16.9. The van der Waals surface area contributed by atoms with E-state index in [0.717, 1.165) is 42.0 Å². The fraction of sp³-hybridized carbons (Fsp3) is 0.158. The molecule has 3 N–H and O–H groups in total. The van der Waals surface area contributed by atoms with Gasteiger partial charge in [0.25, 0.3) is 0 Å². The van der Waals surface area contributed by atoms with Crippen molar-refractivity contribution in [1.82, 2.24) is 0 Å². The largest absolute Gasteiger partial charge is 0.493 e. The van der Waals surface area contributed by atoms with E-state index in [1.165, 1.54) is 6.08 Å². The number of carbonyl (C=O) groups excluding carboxylic acids is 2. The Hall–Kier alpha value is -3.08. The van der Waals surface area contributed by atoms with Gasteiger partial charge in [-0.3, -0.25) is 9.59 Å². The van der Waals surface area contributed by atoms with Gasteiger partial charge in [-0.1, -0.05) is 12.1 Å². The molecular formula is C19H18N2O3. The second-order valence-corrected chi connectivity index (χ2v) is 5.58. The summed E-state index contributed by atoms with van der Waals surface area (Å²) in [5, 5.41) is 2.84. The second-order valence-electron chi connectivity index (χ2n) is 5.58. The van der Waals surface area contributed by atoms with Crippen LogP contribution in [0.2, 0.25) is 0 Å². The van der Waals surface area contributed by atoms with Gasteiger partial charge in [-0.2, -0.15) is 0 Å². The first-order valence-corrected chi connectivity index (χ1v) is 7.76. The molecule has 0 atom stereocenters. The Morgan fingerprint density at radius 2 is 1.92 bits per heavy atom. The maximum Gasteiger partial charge on any atom is 0.248 e. The van der Waals surface area contributed by atoms with E-state index in [1.807, 2.05) is 18.2 Å². The van der Waals surface area contributed by atoms with E-state index in [9.17, 15) is 9.59 Å². The number of hydrogen-bond acceptors (Lipinski definition) is 3. The first-order chi connectivity index (χ1) is 11.6. The Balaban J connectivity index is 1.63. The van der Waals surface area contributed by atoms with Gasteiger partial charge in [-0.15, -0.1) is 0 Å². The molecule has 1 aliphatic heterocycles. The highest BCUT2D eigenvalue weighted by atomic mass is 16.5. The molecular weight excluding hydrogens is 304 g/mol. The number of benzene rings is 2. The average Bonchev–Trinajstić information content (AvgIpc) is 2.60. The minimum absolute atomic E-state index is 0.217. The summed E-state index contributed by atoms with van der Waals surface area (Å²) in [5.74, 6) is 0.203. The normalized spacial score (nSPS) is 13.2. The van der Waals surface area contributed by atoms with Gasteiger partial charge in [0.15, 0.2) is 0 Å². The minimum atomic E-state index is -0.473. The molecule has 2 aromatic rings. The molecule has 1 heterocycles. The van der Waals surface area contributed by atoms with E-state index in [0.29, 0.717) is 5.56 Å². The third-order valence-electron chi connectivity index (χ3n) is 3.80. The molecule has 0 bridgehead atoms. The molecule has 3 rings (SSSR count). The van der Waals surface area contributed by atoms with Gasteiger partial charge in [0.05, 0.1) is 6.61 Å². The van der Waals surface area contributed by atoms with Gasteiger partial charge < -0.3 is 15.8 Å². The molecule has 0 aliphatic carbocycles. The summed E-state index contributed by atoms with van der Waals surface area (Å²) in [5.41, 5.74) is 8.31. The molecule has 2 aromatic carbocycles. The van der Waals surface area contributed by atoms with E-state index in [4.69, 9.17) is 10.5 Å². The average molecular weight is 322 g/mol. The summed E-state index contributed by atoms with van der Waals surface area (Å²) < 4.78 is 5.56. The molecule has 0 saturated carbocycles. The summed E-state index contributed by atoms with van der Waals surface area (Å²) in [6.07, 6.45) is 5.09. The van der Waals surface area contributed by atoms with Crippen molar-refractivity contribution in [3.05, 3.63) is 65.2 Å². The molecule has 0 unspecified atom stereocenters. The van der Waals surface area contributed by atoms with Crippen LogP contribution in [-0.2, 0) is 11.2 Å². The SMILES string of the molecule is NC(=O)c1ccc(C=CC(=O)Nc2ccc3c(c2)CCCO3)cc1. The molecule has 24 heavy (non-hydrogen) atoms. The number of hydrogen-bond donors (Lipinski definition) is 2. The number of aryl methyl sites for hydroxylation is 1. The van der Waals surface area contributed by atoms with Crippen LogP contribution in [-0.4, -0.2) is 18.4 Å². The highest BCUT2D eigenvalue weighted by molar-refractivity contribution is 6.02. The van der Waals surface area contributed by atoms with Gasteiger partial charge in [-0.25, -0.2) is 0 Å². The quantitative estimate of drug-likeness (QED) is 0.849. The summed E-state index contributed by atoms with van der Waals surface area (Å²) in [6.45, 7) is 0.746. The lowest BCUT2D eigenvalue weighted by Crippen LogP contribution is -2.11. The van der Waals surface area contributed by atoms with Crippen LogP contribution in [0.1, 0.15) is 27.9 Å². The maximum absolute atomic E-state index is 12.0. The molecule has 0 saturated heterocycles. The van der Waals surface area contributed by atoms with Gasteiger partial charge in [0, 0.05) is 17.3 Å². The topological polar surface area (TPSA) is 81.4 Å². The van der Waals surface area contributed by atoms with E-state index >= 15 is 0 Å². The first-order valence-electron chi connectivity index (χ1n) is 7.76. The Labute approximate surface area is 140 Å². The van der Waals surface area contributed by atoms with Crippen molar-refractivity contribution < 1.29 is 14.3 Å². The highest BCUT2D eigenvalue weighted by Crippen LogP contribution is 2.27. The Morgan fingerprint density at radius 3 is 2.67 bits per heavy atom. The van der Waals surface area contributed by atoms with Gasteiger partial charge in [-0.05, 0) is 60.4 Å². The van der Waals surface area contributed by atoms with E-state index in [2.05, 4.69) is 5.32 Å². The fourth-order valence-corrected chi connectivity index (χ4v) is 2.55. The number of rotatable bonds is 4. The summed E-state index contributed by atoms with van der Waals surface area (Å²) in [7, 11) is 0. The van der Waals surface area contributed by atoms with Crippen LogP contribution in [0.3, 0.4) is 0 Å². The first kappa shape index (κ1) is 15.8. The third kappa shape index (κ3) is 3.81. The molecule has 2 amide bonds. The standard InChI is InChI=1S/C19H18N2O3/c20-19(23)14-6-3-13(4-7-14)5-10-18(22)21-16-8-9-17-15(12-16)2-1-11-24-17/h3-10,12H,1-2,11H2,(H2,20,23)(H,21,22). The maximum atomic E-state index is 12.0. The molecule has 1 aliphatic rings. The summed E-state index contributed by atoms with van der Waals surface area (Å²) in [6, 6.07) is 12.4. The number of nitrogens with one attached hydrogen (secondary N) is 1. The molecule has 0 radical (unpaired) electrons.